The third kappa shape index (κ3) is 4.76. The van der Waals surface area contributed by atoms with Crippen LogP contribution in [0.15, 0.2) is 53.4 Å². The maximum Gasteiger partial charge on any atom is 0.421 e. The lowest BCUT2D eigenvalue weighted by atomic mass is 10.2. The van der Waals surface area contributed by atoms with Crippen molar-refractivity contribution >= 4 is 21.8 Å². The molecule has 9 nitrogen and oxygen atoms in total. The Hall–Kier alpha value is -3.45. The number of hydrogen-bond acceptors (Lipinski definition) is 7. The summed E-state index contributed by atoms with van der Waals surface area (Å²) in [6.07, 6.45) is -1.19. The predicted molar refractivity (Wildman–Crippen MR) is 84.8 cm³/mol. The second-order valence-corrected chi connectivity index (χ2v) is 6.42. The molecule has 10 heteroatoms. The fourth-order valence-electron chi connectivity index (χ4n) is 1.77. The Morgan fingerprint density at radius 3 is 2.28 bits per heavy atom. The third-order valence-corrected chi connectivity index (χ3v) is 4.36. The van der Waals surface area contributed by atoms with Gasteiger partial charge in [-0.1, -0.05) is 12.1 Å². The van der Waals surface area contributed by atoms with Crippen LogP contribution in [-0.4, -0.2) is 19.4 Å². The van der Waals surface area contributed by atoms with Crippen LogP contribution in [0.3, 0.4) is 0 Å². The highest BCUT2D eigenvalue weighted by molar-refractivity contribution is 7.90. The molecule has 0 unspecified atom stereocenters. The minimum atomic E-state index is -4.21. The maximum atomic E-state index is 12.0. The summed E-state index contributed by atoms with van der Waals surface area (Å²) in [5.74, 6) is 0. The van der Waals surface area contributed by atoms with Gasteiger partial charge in [-0.2, -0.15) is 5.26 Å². The standard InChI is InChI=1S/C15H11N3O6S/c16-9-11-1-3-12(4-2-11)10-24-15(19)17-25(22,23)14-7-5-13(6-8-14)18(20)21/h1-8H,10H2,(H,17,19). The van der Waals surface area contributed by atoms with Crippen molar-refractivity contribution < 1.29 is 22.9 Å². The number of nitro benzene ring substituents is 1. The summed E-state index contributed by atoms with van der Waals surface area (Å²) in [7, 11) is -4.21. The number of amides is 1. The number of nitriles is 1. The van der Waals surface area contributed by atoms with E-state index in [9.17, 15) is 23.3 Å². The van der Waals surface area contributed by atoms with Gasteiger partial charge >= 0.3 is 6.09 Å². The Bertz CT molecular complexity index is 931. The van der Waals surface area contributed by atoms with Crippen LogP contribution in [0, 0.1) is 21.4 Å². The minimum absolute atomic E-state index is 0.187. The van der Waals surface area contributed by atoms with E-state index in [4.69, 9.17) is 10.00 Å². The fourth-order valence-corrected chi connectivity index (χ4v) is 2.66. The Labute approximate surface area is 142 Å². The number of nitro groups is 1. The first-order valence-electron chi connectivity index (χ1n) is 6.75. The highest BCUT2D eigenvalue weighted by Crippen LogP contribution is 2.15. The SMILES string of the molecule is N#Cc1ccc(COC(=O)NS(=O)(=O)c2ccc([N+](=O)[O-])cc2)cc1. The molecule has 0 saturated carbocycles. The molecular formula is C15H11N3O6S. The van der Waals surface area contributed by atoms with Crippen molar-refractivity contribution in [1.82, 2.24) is 4.72 Å². The van der Waals surface area contributed by atoms with Crippen LogP contribution in [0.25, 0.3) is 0 Å². The molecule has 0 aliphatic rings. The molecule has 0 aliphatic carbocycles. The number of nitrogens with one attached hydrogen (secondary N) is 1. The lowest BCUT2D eigenvalue weighted by Crippen LogP contribution is -2.31. The zero-order chi connectivity index (χ0) is 18.4. The zero-order valence-corrected chi connectivity index (χ0v) is 13.4. The van der Waals surface area contributed by atoms with E-state index in [-0.39, 0.29) is 17.2 Å². The first kappa shape index (κ1) is 17.9. The maximum absolute atomic E-state index is 12.0. The lowest BCUT2D eigenvalue weighted by molar-refractivity contribution is -0.384. The number of nitrogens with zero attached hydrogens (tertiary/aromatic N) is 2. The van der Waals surface area contributed by atoms with Gasteiger partial charge in [0.25, 0.3) is 15.7 Å². The summed E-state index contributed by atoms with van der Waals surface area (Å²) in [6.45, 7) is -0.187. The van der Waals surface area contributed by atoms with Crippen LogP contribution in [0.4, 0.5) is 10.5 Å². The van der Waals surface area contributed by atoms with Crippen LogP contribution >= 0.6 is 0 Å². The van der Waals surface area contributed by atoms with Crippen molar-refractivity contribution in [3.63, 3.8) is 0 Å². The van der Waals surface area contributed by atoms with E-state index in [1.54, 1.807) is 16.9 Å². The molecule has 0 saturated heterocycles. The second-order valence-electron chi connectivity index (χ2n) is 4.74. The van der Waals surface area contributed by atoms with Gasteiger partial charge in [-0.3, -0.25) is 10.1 Å². The summed E-state index contributed by atoms with van der Waals surface area (Å²) in [5.41, 5.74) is 0.734. The largest absolute Gasteiger partial charge is 0.444 e. The molecular weight excluding hydrogens is 350 g/mol. The van der Waals surface area contributed by atoms with Gasteiger partial charge in [0, 0.05) is 12.1 Å². The normalized spacial score (nSPS) is 10.5. The van der Waals surface area contributed by atoms with Crippen molar-refractivity contribution in [2.24, 2.45) is 0 Å². The quantitative estimate of drug-likeness (QED) is 0.635. The molecule has 0 aromatic heterocycles. The van der Waals surface area contributed by atoms with Gasteiger partial charge in [-0.25, -0.2) is 17.9 Å². The monoisotopic (exact) mass is 361 g/mol. The van der Waals surface area contributed by atoms with Crippen molar-refractivity contribution in [3.05, 3.63) is 69.8 Å². The topological polar surface area (TPSA) is 139 Å². The Morgan fingerprint density at radius 2 is 1.76 bits per heavy atom. The van der Waals surface area contributed by atoms with Crippen LogP contribution in [0.5, 0.6) is 0 Å². The zero-order valence-electron chi connectivity index (χ0n) is 12.6. The molecule has 1 N–H and O–H groups in total. The summed E-state index contributed by atoms with van der Waals surface area (Å²) >= 11 is 0. The average molecular weight is 361 g/mol. The number of non-ortho nitro benzene ring substituents is 1. The Balaban J connectivity index is 1.98. The smallest absolute Gasteiger partial charge is 0.421 e. The van der Waals surface area contributed by atoms with Crippen molar-refractivity contribution in [2.75, 3.05) is 0 Å². The molecule has 0 spiro atoms. The molecule has 128 valence electrons. The van der Waals surface area contributed by atoms with Crippen molar-refractivity contribution in [2.45, 2.75) is 11.5 Å². The highest BCUT2D eigenvalue weighted by atomic mass is 32.2. The van der Waals surface area contributed by atoms with E-state index >= 15 is 0 Å². The predicted octanol–water partition coefficient (Wildman–Crippen LogP) is 2.08. The first-order chi connectivity index (χ1) is 11.8. The number of rotatable bonds is 5. The number of carbonyl (C=O) groups excluding carboxylic acids is 1. The highest BCUT2D eigenvalue weighted by Gasteiger charge is 2.19. The van der Waals surface area contributed by atoms with E-state index in [1.165, 1.54) is 12.1 Å². The molecule has 25 heavy (non-hydrogen) atoms. The molecule has 0 atom stereocenters. The van der Waals surface area contributed by atoms with Crippen molar-refractivity contribution in [3.8, 4) is 6.07 Å². The van der Waals surface area contributed by atoms with Crippen LogP contribution < -0.4 is 4.72 Å². The van der Waals surface area contributed by atoms with Crippen molar-refractivity contribution in [1.29, 1.82) is 5.26 Å². The first-order valence-corrected chi connectivity index (χ1v) is 8.23. The molecule has 2 rings (SSSR count). The molecule has 2 aromatic rings. The summed E-state index contributed by atoms with van der Waals surface area (Å²) in [5, 5.41) is 19.2. The molecule has 0 aliphatic heterocycles. The van der Waals surface area contributed by atoms with Gasteiger partial charge in [0.15, 0.2) is 0 Å². The molecule has 1 amide bonds. The summed E-state index contributed by atoms with van der Waals surface area (Å²) in [4.78, 5) is 21.2. The van der Waals surface area contributed by atoms with E-state index in [0.29, 0.717) is 11.1 Å². The van der Waals surface area contributed by atoms with E-state index in [1.807, 2.05) is 6.07 Å². The second kappa shape index (κ2) is 7.41. The van der Waals surface area contributed by atoms with Crippen LogP contribution in [0.1, 0.15) is 11.1 Å². The van der Waals surface area contributed by atoms with Gasteiger partial charge in [-0.15, -0.1) is 0 Å². The minimum Gasteiger partial charge on any atom is -0.444 e. The number of sulfonamides is 1. The van der Waals surface area contributed by atoms with E-state index in [2.05, 4.69) is 0 Å². The number of ether oxygens (including phenoxy) is 1. The Morgan fingerprint density at radius 1 is 1.16 bits per heavy atom. The third-order valence-electron chi connectivity index (χ3n) is 3.03. The van der Waals surface area contributed by atoms with E-state index in [0.717, 1.165) is 24.3 Å². The molecule has 0 fully saturated rings. The fraction of sp³-hybridized carbons (Fsp3) is 0.0667. The lowest BCUT2D eigenvalue weighted by Gasteiger charge is -2.08. The van der Waals surface area contributed by atoms with Gasteiger partial charge in [0.05, 0.1) is 21.5 Å². The molecule has 0 bridgehead atoms. The summed E-state index contributed by atoms with van der Waals surface area (Å²) in [6, 6.07) is 12.2. The average Bonchev–Trinajstić information content (AvgIpc) is 2.60. The van der Waals surface area contributed by atoms with Crippen LogP contribution in [-0.2, 0) is 21.4 Å². The number of carbonyl (C=O) groups is 1. The summed E-state index contributed by atoms with van der Waals surface area (Å²) < 4.78 is 30.5. The van der Waals surface area contributed by atoms with E-state index < -0.39 is 21.0 Å². The molecule has 2 aromatic carbocycles. The Kier molecular flexibility index (Phi) is 5.31. The molecule has 0 radical (unpaired) electrons. The van der Waals surface area contributed by atoms with Gasteiger partial charge in [0.1, 0.15) is 6.61 Å². The van der Waals surface area contributed by atoms with Gasteiger partial charge < -0.3 is 4.74 Å². The van der Waals surface area contributed by atoms with Crippen LogP contribution in [0.2, 0.25) is 0 Å². The van der Waals surface area contributed by atoms with Gasteiger partial charge in [0.2, 0.25) is 0 Å². The van der Waals surface area contributed by atoms with Gasteiger partial charge in [-0.05, 0) is 29.8 Å². The molecule has 0 heterocycles. The number of hydrogen-bond donors (Lipinski definition) is 1. The number of benzene rings is 2.